The molecule has 6 nitrogen and oxygen atoms in total. The molecule has 2 N–H and O–H groups in total. The summed E-state index contributed by atoms with van der Waals surface area (Å²) in [5.41, 5.74) is 3.00. The quantitative estimate of drug-likeness (QED) is 0.646. The van der Waals surface area contributed by atoms with Crippen LogP contribution in [0, 0.1) is 0 Å². The summed E-state index contributed by atoms with van der Waals surface area (Å²) >= 11 is 0. The molecule has 0 saturated carbocycles. The summed E-state index contributed by atoms with van der Waals surface area (Å²) in [4.78, 5) is 24.4. The molecule has 0 fully saturated rings. The number of hydrogen-bond acceptors (Lipinski definition) is 3. The molecule has 1 heterocycles. The molecule has 0 atom stereocenters. The number of rotatable bonds is 7. The number of aryl methyl sites for hydroxylation is 1. The Balaban J connectivity index is 1.51. The highest BCUT2D eigenvalue weighted by atomic mass is 16.2. The van der Waals surface area contributed by atoms with E-state index in [2.05, 4.69) is 15.7 Å². The molecule has 28 heavy (non-hydrogen) atoms. The van der Waals surface area contributed by atoms with Gasteiger partial charge < -0.3 is 10.6 Å². The highest BCUT2D eigenvalue weighted by molar-refractivity contribution is 6.04. The van der Waals surface area contributed by atoms with E-state index in [0.717, 1.165) is 5.56 Å². The van der Waals surface area contributed by atoms with Gasteiger partial charge in [0.05, 0.1) is 11.8 Å². The number of anilines is 2. The van der Waals surface area contributed by atoms with Gasteiger partial charge in [-0.15, -0.1) is 0 Å². The largest absolute Gasteiger partial charge is 0.326 e. The van der Waals surface area contributed by atoms with Crippen LogP contribution < -0.4 is 10.6 Å². The molecular formula is C22H24N4O2. The molecule has 0 unspecified atom stereocenters. The van der Waals surface area contributed by atoms with Gasteiger partial charge in [-0.3, -0.25) is 14.3 Å². The molecule has 0 aliphatic carbocycles. The monoisotopic (exact) mass is 376 g/mol. The highest BCUT2D eigenvalue weighted by Gasteiger charge is 2.10. The van der Waals surface area contributed by atoms with E-state index in [1.54, 1.807) is 41.3 Å². The Kier molecular flexibility index (Phi) is 6.22. The molecule has 144 valence electrons. The lowest BCUT2D eigenvalue weighted by Gasteiger charge is -2.08. The van der Waals surface area contributed by atoms with Crippen LogP contribution >= 0.6 is 0 Å². The van der Waals surface area contributed by atoms with Crippen molar-refractivity contribution in [2.75, 3.05) is 10.6 Å². The van der Waals surface area contributed by atoms with Crippen LogP contribution in [0.3, 0.4) is 0 Å². The van der Waals surface area contributed by atoms with Crippen molar-refractivity contribution in [3.05, 3.63) is 78.1 Å². The summed E-state index contributed by atoms with van der Waals surface area (Å²) in [7, 11) is 0. The minimum atomic E-state index is -0.216. The zero-order valence-electron chi connectivity index (χ0n) is 16.1. The maximum Gasteiger partial charge on any atom is 0.258 e. The van der Waals surface area contributed by atoms with Gasteiger partial charge in [0.25, 0.3) is 5.91 Å². The molecule has 0 saturated heterocycles. The molecule has 3 aromatic rings. The lowest BCUT2D eigenvalue weighted by atomic mass is 10.1. The standard InChI is InChI=1S/C22H24N4O2/c1-16(2)26-15-18(14-23-26)22(28)25-20-11-9-19(10-12-20)24-21(27)13-8-17-6-4-3-5-7-17/h3-7,9-12,14-16H,8,13H2,1-2H3,(H,24,27)(H,25,28). The summed E-state index contributed by atoms with van der Waals surface area (Å²) < 4.78 is 1.74. The maximum absolute atomic E-state index is 12.3. The number of hydrogen-bond donors (Lipinski definition) is 2. The van der Waals surface area contributed by atoms with Gasteiger partial charge >= 0.3 is 0 Å². The molecule has 2 amide bonds. The van der Waals surface area contributed by atoms with Crippen molar-refractivity contribution in [3.63, 3.8) is 0 Å². The maximum atomic E-state index is 12.3. The van der Waals surface area contributed by atoms with Gasteiger partial charge in [-0.2, -0.15) is 5.10 Å². The van der Waals surface area contributed by atoms with E-state index < -0.39 is 0 Å². The zero-order chi connectivity index (χ0) is 19.9. The minimum Gasteiger partial charge on any atom is -0.326 e. The first kappa shape index (κ1) is 19.4. The minimum absolute atomic E-state index is 0.0401. The van der Waals surface area contributed by atoms with Crippen LogP contribution in [-0.4, -0.2) is 21.6 Å². The van der Waals surface area contributed by atoms with Crippen LogP contribution in [0.4, 0.5) is 11.4 Å². The third kappa shape index (κ3) is 5.30. The average Bonchev–Trinajstić information content (AvgIpc) is 3.20. The molecule has 0 spiro atoms. The predicted molar refractivity (Wildman–Crippen MR) is 110 cm³/mol. The van der Waals surface area contributed by atoms with Crippen molar-refractivity contribution in [3.8, 4) is 0 Å². The van der Waals surface area contributed by atoms with Crippen LogP contribution in [0.5, 0.6) is 0 Å². The van der Waals surface area contributed by atoms with Crippen LogP contribution in [0.1, 0.15) is 42.2 Å². The smallest absolute Gasteiger partial charge is 0.258 e. The third-order valence-electron chi connectivity index (χ3n) is 4.30. The Bertz CT molecular complexity index is 931. The van der Waals surface area contributed by atoms with Crippen molar-refractivity contribution in [1.29, 1.82) is 0 Å². The second kappa shape index (κ2) is 8.99. The van der Waals surface area contributed by atoms with Gasteiger partial charge in [0.1, 0.15) is 0 Å². The van der Waals surface area contributed by atoms with Crippen LogP contribution in [0.15, 0.2) is 67.0 Å². The molecule has 0 aliphatic rings. The van der Waals surface area contributed by atoms with Gasteiger partial charge in [0.2, 0.25) is 5.91 Å². The average molecular weight is 376 g/mol. The van der Waals surface area contributed by atoms with Gasteiger partial charge in [0, 0.05) is 30.0 Å². The van der Waals surface area contributed by atoms with Crippen molar-refractivity contribution >= 4 is 23.2 Å². The predicted octanol–water partition coefficient (Wildman–Crippen LogP) is 4.29. The van der Waals surface area contributed by atoms with E-state index in [1.807, 2.05) is 44.2 Å². The molecule has 0 bridgehead atoms. The summed E-state index contributed by atoms with van der Waals surface area (Å²) in [6.45, 7) is 4.00. The Labute approximate surface area is 164 Å². The molecule has 0 aliphatic heterocycles. The number of carbonyl (C=O) groups excluding carboxylic acids is 2. The first-order valence-electron chi connectivity index (χ1n) is 9.30. The number of amides is 2. The Morgan fingerprint density at radius 3 is 2.21 bits per heavy atom. The summed E-state index contributed by atoms with van der Waals surface area (Å²) in [6.07, 6.45) is 4.39. The fraction of sp³-hybridized carbons (Fsp3) is 0.227. The number of aromatic nitrogens is 2. The van der Waals surface area contributed by atoms with Crippen molar-refractivity contribution in [2.24, 2.45) is 0 Å². The second-order valence-corrected chi connectivity index (χ2v) is 6.87. The van der Waals surface area contributed by atoms with Gasteiger partial charge in [-0.1, -0.05) is 30.3 Å². The molecule has 0 radical (unpaired) electrons. The summed E-state index contributed by atoms with van der Waals surface area (Å²) in [6, 6.07) is 17.2. The fourth-order valence-electron chi connectivity index (χ4n) is 2.70. The lowest BCUT2D eigenvalue weighted by Crippen LogP contribution is -2.13. The third-order valence-corrected chi connectivity index (χ3v) is 4.30. The Morgan fingerprint density at radius 1 is 0.964 bits per heavy atom. The Hall–Kier alpha value is -3.41. The molecule has 2 aromatic carbocycles. The summed E-state index contributed by atoms with van der Waals surface area (Å²) in [5.74, 6) is -0.256. The molecular weight excluding hydrogens is 352 g/mol. The van der Waals surface area contributed by atoms with Gasteiger partial charge in [-0.05, 0) is 50.1 Å². The van der Waals surface area contributed by atoms with Crippen molar-refractivity contribution in [1.82, 2.24) is 9.78 Å². The molecule has 3 rings (SSSR count). The zero-order valence-corrected chi connectivity index (χ0v) is 16.1. The first-order valence-corrected chi connectivity index (χ1v) is 9.30. The van der Waals surface area contributed by atoms with Crippen LogP contribution in [-0.2, 0) is 11.2 Å². The van der Waals surface area contributed by atoms with E-state index >= 15 is 0 Å². The van der Waals surface area contributed by atoms with E-state index in [4.69, 9.17) is 0 Å². The highest BCUT2D eigenvalue weighted by Crippen LogP contribution is 2.16. The van der Waals surface area contributed by atoms with Gasteiger partial charge in [-0.25, -0.2) is 0 Å². The fourth-order valence-corrected chi connectivity index (χ4v) is 2.70. The van der Waals surface area contributed by atoms with E-state index in [-0.39, 0.29) is 17.9 Å². The van der Waals surface area contributed by atoms with Crippen molar-refractivity contribution < 1.29 is 9.59 Å². The second-order valence-electron chi connectivity index (χ2n) is 6.87. The number of benzene rings is 2. The van der Waals surface area contributed by atoms with Gasteiger partial charge in [0.15, 0.2) is 0 Å². The molecule has 1 aromatic heterocycles. The number of nitrogens with zero attached hydrogens (tertiary/aromatic N) is 2. The van der Waals surface area contributed by atoms with E-state index in [1.165, 1.54) is 0 Å². The van der Waals surface area contributed by atoms with Crippen molar-refractivity contribution in [2.45, 2.75) is 32.7 Å². The Morgan fingerprint density at radius 2 is 1.61 bits per heavy atom. The number of carbonyl (C=O) groups is 2. The normalized spacial score (nSPS) is 10.7. The van der Waals surface area contributed by atoms with Crippen LogP contribution in [0.2, 0.25) is 0 Å². The summed E-state index contributed by atoms with van der Waals surface area (Å²) in [5, 5.41) is 9.88. The lowest BCUT2D eigenvalue weighted by molar-refractivity contribution is -0.116. The van der Waals surface area contributed by atoms with E-state index in [0.29, 0.717) is 29.8 Å². The molecule has 6 heteroatoms. The number of nitrogens with one attached hydrogen (secondary N) is 2. The van der Waals surface area contributed by atoms with Crippen LogP contribution in [0.25, 0.3) is 0 Å². The first-order chi connectivity index (χ1) is 13.5. The SMILES string of the molecule is CC(C)n1cc(C(=O)Nc2ccc(NC(=O)CCc3ccccc3)cc2)cn1. The van der Waals surface area contributed by atoms with E-state index in [9.17, 15) is 9.59 Å². The topological polar surface area (TPSA) is 76.0 Å².